The zero-order valence-electron chi connectivity index (χ0n) is 43.0. The van der Waals surface area contributed by atoms with E-state index in [9.17, 15) is 69.8 Å². The Labute approximate surface area is 462 Å². The van der Waals surface area contributed by atoms with Crippen LogP contribution in [0, 0.1) is 6.92 Å². The van der Waals surface area contributed by atoms with Crippen LogP contribution in [-0.4, -0.2) is 123 Å². The monoisotopic (exact) mass is 1160 g/mol. The third-order valence-corrected chi connectivity index (χ3v) is 10.8. The van der Waals surface area contributed by atoms with Crippen molar-refractivity contribution in [3.63, 3.8) is 0 Å². The lowest BCUT2D eigenvalue weighted by atomic mass is 10.0. The molecule has 20 nitrogen and oxygen atoms in total. The van der Waals surface area contributed by atoms with Crippen LogP contribution >= 0.6 is 11.6 Å². The van der Waals surface area contributed by atoms with Gasteiger partial charge in [-0.05, 0) is 110 Å². The van der Waals surface area contributed by atoms with Gasteiger partial charge in [-0.3, -0.25) is 19.2 Å². The van der Waals surface area contributed by atoms with E-state index < -0.39 is 96.0 Å². The number of amides is 2. The number of carbonyl (C=O) groups is 8. The number of carboxylic acid groups (broad SMARTS) is 6. The molecule has 1 fully saturated rings. The Hall–Kier alpha value is -9.43. The SMILES string of the molecule is CC(=Cc1ccccc1Cl)C(=O)O.COc1ccc(NC(=O)/C=C\C(=O)O)c(OC)c1.Cc1cc(N)cc(C(=O)O)c1.O=C(O)C1NCCN(C(=O)c2ccccc2)C1C(=O)O.O=C(O)CCc1cc(C(F)(F)F)cc(C(F)(F)F)c1. The third kappa shape index (κ3) is 23.6. The van der Waals surface area contributed by atoms with Crippen LogP contribution in [0.4, 0.5) is 37.7 Å². The number of nitrogen functional groups attached to an aromatic ring is 1. The molecule has 2 amide bonds. The maximum absolute atomic E-state index is 12.5. The molecule has 6 rings (SSSR count). The first-order valence-corrected chi connectivity index (χ1v) is 23.4. The van der Waals surface area contributed by atoms with Gasteiger partial charge in [0, 0.05) is 59.6 Å². The molecule has 0 spiro atoms. The number of anilines is 2. The van der Waals surface area contributed by atoms with E-state index in [4.69, 9.17) is 52.3 Å². The van der Waals surface area contributed by atoms with Crippen LogP contribution in [0.3, 0.4) is 0 Å². The number of aromatic carboxylic acids is 1. The summed E-state index contributed by atoms with van der Waals surface area (Å²) >= 11 is 5.84. The number of alkyl halides is 6. The van der Waals surface area contributed by atoms with Crippen molar-refractivity contribution < 1.29 is 105 Å². The lowest BCUT2D eigenvalue weighted by Gasteiger charge is -2.37. The number of nitrogens with zero attached hydrogens (tertiary/aromatic N) is 1. The predicted octanol–water partition coefficient (Wildman–Crippen LogP) is 8.77. The van der Waals surface area contributed by atoms with Crippen LogP contribution in [0.25, 0.3) is 6.08 Å². The molecule has 0 aromatic heterocycles. The van der Waals surface area contributed by atoms with E-state index in [0.29, 0.717) is 45.6 Å². The summed E-state index contributed by atoms with van der Waals surface area (Å²) < 4.78 is 84.8. The zero-order chi connectivity index (χ0) is 61.4. The fourth-order valence-electron chi connectivity index (χ4n) is 6.71. The first-order valence-electron chi connectivity index (χ1n) is 23.0. The van der Waals surface area contributed by atoms with E-state index in [-0.39, 0.29) is 35.9 Å². The Morgan fingerprint density at radius 2 is 1.33 bits per heavy atom. The van der Waals surface area contributed by atoms with Crippen LogP contribution in [0.5, 0.6) is 11.5 Å². The predicted molar refractivity (Wildman–Crippen MR) is 281 cm³/mol. The van der Waals surface area contributed by atoms with Gasteiger partial charge in [0.15, 0.2) is 6.04 Å². The number of hydrogen-bond donors (Lipinski definition) is 9. The van der Waals surface area contributed by atoms with Crippen molar-refractivity contribution in [2.75, 3.05) is 38.4 Å². The fraction of sp³-hybridized carbons (Fsp3) is 0.222. The molecule has 0 radical (unpaired) electrons. The maximum Gasteiger partial charge on any atom is 0.416 e. The Morgan fingerprint density at radius 1 is 0.741 bits per heavy atom. The van der Waals surface area contributed by atoms with Gasteiger partial charge in [0.2, 0.25) is 5.91 Å². The first kappa shape index (κ1) is 67.7. The smallest absolute Gasteiger partial charge is 0.416 e. The van der Waals surface area contributed by atoms with E-state index in [2.05, 4.69) is 10.6 Å². The molecule has 1 aliphatic rings. The van der Waals surface area contributed by atoms with E-state index in [0.717, 1.165) is 28.2 Å². The molecule has 27 heteroatoms. The van der Waals surface area contributed by atoms with Gasteiger partial charge in [-0.2, -0.15) is 26.3 Å². The second-order valence-corrected chi connectivity index (χ2v) is 17.0. The molecule has 0 aliphatic carbocycles. The normalized spacial score (nSPS) is 13.8. The quantitative estimate of drug-likeness (QED) is 0.0285. The molecule has 0 saturated carbocycles. The van der Waals surface area contributed by atoms with Crippen LogP contribution in [0.15, 0.2) is 127 Å². The molecular weight excluding hydrogens is 1110 g/mol. The molecule has 5 aromatic rings. The minimum atomic E-state index is -4.92. The van der Waals surface area contributed by atoms with Gasteiger partial charge >= 0.3 is 48.2 Å². The van der Waals surface area contributed by atoms with Crippen LogP contribution in [0.1, 0.15) is 61.9 Å². The summed E-state index contributed by atoms with van der Waals surface area (Å²) in [4.78, 5) is 88.7. The number of methoxy groups -OCH3 is 2. The van der Waals surface area contributed by atoms with E-state index in [1.807, 2.05) is 13.0 Å². The standard InChI is InChI=1S/C13H14N2O5.C12H13NO5.C11H8F6O2.C10H9ClO2.C8H9NO2/c16-11(8-4-2-1-3-5-8)15-7-6-14-9(12(17)18)10(15)13(19)20;1-17-8-3-4-9(10(7-8)18-2)13-11(14)5-6-12(15)16;12-10(13,14)7-3-6(1-2-9(18)19)4-8(5-7)11(15,16)17;1-7(10(12)13)6-8-4-2-3-5-9(8)11;1-5-2-6(8(10)11)4-7(9)3-5/h1-5,9-10,14H,6-7H2,(H,17,18)(H,19,20);3-7H,1-2H3,(H,13,14)(H,15,16);3-5H,1-2H2,(H,18,19);2-6H,1H3,(H,12,13);2-4H,9H2,1H3,(H,10,11)/b;6-5-;;;. The molecule has 2 unspecified atom stereocenters. The Kier molecular flexibility index (Phi) is 26.6. The van der Waals surface area contributed by atoms with Gasteiger partial charge in [0.25, 0.3) is 5.91 Å². The average molecular weight is 1160 g/mol. The number of carbonyl (C=O) groups excluding carboxylic acids is 2. The van der Waals surface area contributed by atoms with Gasteiger partial charge < -0.3 is 61.4 Å². The van der Waals surface area contributed by atoms with Crippen LogP contribution in [-0.2, 0) is 47.5 Å². The molecule has 10 N–H and O–H groups in total. The van der Waals surface area contributed by atoms with Crippen molar-refractivity contribution in [3.8, 4) is 11.5 Å². The van der Waals surface area contributed by atoms with Crippen molar-refractivity contribution in [3.05, 3.63) is 171 Å². The maximum atomic E-state index is 12.5. The first-order chi connectivity index (χ1) is 37.8. The van der Waals surface area contributed by atoms with Gasteiger partial charge in [-0.1, -0.05) is 48.0 Å². The largest absolute Gasteiger partial charge is 0.497 e. The number of aryl methyl sites for hydroxylation is 2. The minimum Gasteiger partial charge on any atom is -0.497 e. The number of benzene rings is 5. The average Bonchev–Trinajstić information content (AvgIpc) is 3.42. The van der Waals surface area contributed by atoms with Crippen molar-refractivity contribution in [2.45, 2.75) is 51.1 Å². The third-order valence-electron chi connectivity index (χ3n) is 10.4. The molecule has 1 aliphatic heterocycles. The highest BCUT2D eigenvalue weighted by atomic mass is 35.5. The van der Waals surface area contributed by atoms with Crippen molar-refractivity contribution in [2.24, 2.45) is 0 Å². The Balaban J connectivity index is 0.000000351. The highest BCUT2D eigenvalue weighted by molar-refractivity contribution is 6.32. The summed E-state index contributed by atoms with van der Waals surface area (Å²) in [6.45, 7) is 3.72. The van der Waals surface area contributed by atoms with Crippen molar-refractivity contribution in [1.29, 1.82) is 0 Å². The summed E-state index contributed by atoms with van der Waals surface area (Å²) in [6, 6.07) is 23.3. The summed E-state index contributed by atoms with van der Waals surface area (Å²) in [5.74, 6) is -7.01. The van der Waals surface area contributed by atoms with Crippen LogP contribution in [0.2, 0.25) is 5.02 Å². The summed E-state index contributed by atoms with van der Waals surface area (Å²) in [6.07, 6.45) is -7.55. The van der Waals surface area contributed by atoms with Crippen molar-refractivity contribution in [1.82, 2.24) is 10.2 Å². The molecule has 0 bridgehead atoms. The van der Waals surface area contributed by atoms with E-state index in [1.54, 1.807) is 84.9 Å². The van der Waals surface area contributed by atoms with Crippen molar-refractivity contribution >= 4 is 76.7 Å². The van der Waals surface area contributed by atoms with E-state index in [1.165, 1.54) is 27.2 Å². The number of carboxylic acids is 6. The highest BCUT2D eigenvalue weighted by Crippen LogP contribution is 2.37. The molecule has 5 aromatic carbocycles. The second-order valence-electron chi connectivity index (χ2n) is 16.5. The second kappa shape index (κ2) is 31.8. The number of piperazine rings is 1. The molecule has 434 valence electrons. The zero-order valence-corrected chi connectivity index (χ0v) is 43.8. The number of nitrogens with one attached hydrogen (secondary N) is 2. The number of aliphatic carboxylic acids is 5. The lowest BCUT2D eigenvalue weighted by molar-refractivity contribution is -0.152. The molecule has 81 heavy (non-hydrogen) atoms. The molecule has 2 atom stereocenters. The minimum absolute atomic E-state index is 0.00423. The number of nitrogens with two attached hydrogens (primary N) is 1. The number of ether oxygens (including phenoxy) is 2. The number of halogens is 7. The summed E-state index contributed by atoms with van der Waals surface area (Å²) in [5, 5.41) is 57.9. The fourth-order valence-corrected chi connectivity index (χ4v) is 6.90. The topological polar surface area (TPSA) is 330 Å². The molecular formula is C54H53ClF6N4O16. The van der Waals surface area contributed by atoms with Gasteiger partial charge in [-0.25, -0.2) is 19.2 Å². The Morgan fingerprint density at radius 3 is 1.81 bits per heavy atom. The molecule has 1 heterocycles. The highest BCUT2D eigenvalue weighted by Gasteiger charge is 2.43. The lowest BCUT2D eigenvalue weighted by Crippen LogP contribution is -2.65. The van der Waals surface area contributed by atoms with E-state index >= 15 is 0 Å². The number of hydrogen-bond acceptors (Lipinski definition) is 12. The number of rotatable bonds is 14. The Bertz CT molecular complexity index is 3050. The summed E-state index contributed by atoms with van der Waals surface area (Å²) in [7, 11) is 2.97. The summed E-state index contributed by atoms with van der Waals surface area (Å²) in [5.41, 5.74) is 5.59. The van der Waals surface area contributed by atoms with Gasteiger partial charge in [-0.15, -0.1) is 0 Å². The molecule has 1 saturated heterocycles. The van der Waals surface area contributed by atoms with Crippen LogP contribution < -0.4 is 25.8 Å². The van der Waals surface area contributed by atoms with Gasteiger partial charge in [0.1, 0.15) is 17.5 Å². The van der Waals surface area contributed by atoms with Gasteiger partial charge in [0.05, 0.1) is 36.6 Å².